The van der Waals surface area contributed by atoms with Crippen LogP contribution in [-0.4, -0.2) is 50.3 Å². The van der Waals surface area contributed by atoms with Crippen LogP contribution in [0.3, 0.4) is 0 Å². The SMILES string of the molecule is CCCN1CCOC(C(CC(CC)CC)NC)C1. The predicted octanol–water partition coefficient (Wildman–Crippen LogP) is 2.51. The van der Waals surface area contributed by atoms with E-state index >= 15 is 0 Å². The second-order valence-electron chi connectivity index (χ2n) is 5.52. The van der Waals surface area contributed by atoms with Crippen LogP contribution >= 0.6 is 0 Å². The van der Waals surface area contributed by atoms with E-state index in [1.807, 2.05) is 0 Å². The van der Waals surface area contributed by atoms with E-state index in [4.69, 9.17) is 4.74 Å². The van der Waals surface area contributed by atoms with Gasteiger partial charge in [-0.1, -0.05) is 33.6 Å². The third kappa shape index (κ3) is 4.87. The Bertz CT molecular complexity index is 205. The van der Waals surface area contributed by atoms with Crippen molar-refractivity contribution < 1.29 is 4.74 Å². The van der Waals surface area contributed by atoms with Gasteiger partial charge in [0.1, 0.15) is 0 Å². The Labute approximate surface area is 113 Å². The van der Waals surface area contributed by atoms with Gasteiger partial charge in [-0.05, 0) is 32.4 Å². The van der Waals surface area contributed by atoms with Crippen LogP contribution in [0.1, 0.15) is 46.5 Å². The molecular formula is C15H32N2O. The van der Waals surface area contributed by atoms with Crippen LogP contribution in [0.5, 0.6) is 0 Å². The molecule has 0 spiro atoms. The van der Waals surface area contributed by atoms with E-state index in [-0.39, 0.29) is 0 Å². The third-order valence-corrected chi connectivity index (χ3v) is 4.28. The molecule has 0 bridgehead atoms. The predicted molar refractivity (Wildman–Crippen MR) is 78.0 cm³/mol. The zero-order chi connectivity index (χ0) is 13.4. The van der Waals surface area contributed by atoms with Crippen LogP contribution in [0.2, 0.25) is 0 Å². The van der Waals surface area contributed by atoms with E-state index in [9.17, 15) is 0 Å². The molecule has 0 aromatic carbocycles. The van der Waals surface area contributed by atoms with Gasteiger partial charge in [-0.25, -0.2) is 0 Å². The maximum Gasteiger partial charge on any atom is 0.0855 e. The molecular weight excluding hydrogens is 224 g/mol. The highest BCUT2D eigenvalue weighted by atomic mass is 16.5. The summed E-state index contributed by atoms with van der Waals surface area (Å²) in [6.45, 7) is 11.2. The normalized spacial score (nSPS) is 23.5. The first-order chi connectivity index (χ1) is 8.74. The van der Waals surface area contributed by atoms with Crippen LogP contribution in [0, 0.1) is 5.92 Å². The molecule has 1 N–H and O–H groups in total. The molecule has 0 aromatic rings. The van der Waals surface area contributed by atoms with Gasteiger partial charge >= 0.3 is 0 Å². The van der Waals surface area contributed by atoms with Crippen molar-refractivity contribution in [2.24, 2.45) is 5.92 Å². The monoisotopic (exact) mass is 256 g/mol. The van der Waals surface area contributed by atoms with Gasteiger partial charge in [0.25, 0.3) is 0 Å². The summed E-state index contributed by atoms with van der Waals surface area (Å²) in [5.74, 6) is 0.826. The summed E-state index contributed by atoms with van der Waals surface area (Å²) < 4.78 is 5.99. The molecule has 1 heterocycles. The second kappa shape index (κ2) is 8.89. The van der Waals surface area contributed by atoms with Gasteiger partial charge in [-0.2, -0.15) is 0 Å². The van der Waals surface area contributed by atoms with E-state index in [0.717, 1.165) is 25.6 Å². The van der Waals surface area contributed by atoms with E-state index in [1.165, 1.54) is 32.2 Å². The van der Waals surface area contributed by atoms with Crippen molar-refractivity contribution >= 4 is 0 Å². The van der Waals surface area contributed by atoms with Crippen molar-refractivity contribution in [3.63, 3.8) is 0 Å². The van der Waals surface area contributed by atoms with Crippen LogP contribution < -0.4 is 5.32 Å². The summed E-state index contributed by atoms with van der Waals surface area (Å²) in [5.41, 5.74) is 0. The Balaban J connectivity index is 2.47. The first-order valence-corrected chi connectivity index (χ1v) is 7.76. The number of ether oxygens (including phenoxy) is 1. The smallest absolute Gasteiger partial charge is 0.0855 e. The van der Waals surface area contributed by atoms with Gasteiger partial charge in [0, 0.05) is 19.1 Å². The molecule has 2 unspecified atom stereocenters. The molecule has 1 rings (SSSR count). The number of rotatable bonds is 8. The highest BCUT2D eigenvalue weighted by Crippen LogP contribution is 2.20. The lowest BCUT2D eigenvalue weighted by Gasteiger charge is -2.37. The topological polar surface area (TPSA) is 24.5 Å². The zero-order valence-corrected chi connectivity index (χ0v) is 12.7. The van der Waals surface area contributed by atoms with Gasteiger partial charge in [-0.3, -0.25) is 4.90 Å². The summed E-state index contributed by atoms with van der Waals surface area (Å²) in [4.78, 5) is 2.55. The Morgan fingerprint density at radius 1 is 1.28 bits per heavy atom. The molecule has 0 amide bonds. The van der Waals surface area contributed by atoms with Gasteiger partial charge in [-0.15, -0.1) is 0 Å². The molecule has 1 fully saturated rings. The molecule has 1 aliphatic heterocycles. The Hall–Kier alpha value is -0.120. The lowest BCUT2D eigenvalue weighted by Crippen LogP contribution is -2.52. The van der Waals surface area contributed by atoms with Crippen molar-refractivity contribution in [2.75, 3.05) is 33.3 Å². The number of hydrogen-bond acceptors (Lipinski definition) is 3. The quantitative estimate of drug-likeness (QED) is 0.722. The minimum Gasteiger partial charge on any atom is -0.374 e. The highest BCUT2D eigenvalue weighted by Gasteiger charge is 2.28. The van der Waals surface area contributed by atoms with Crippen LogP contribution in [0.15, 0.2) is 0 Å². The fourth-order valence-corrected chi connectivity index (χ4v) is 2.93. The summed E-state index contributed by atoms with van der Waals surface area (Å²) >= 11 is 0. The molecule has 18 heavy (non-hydrogen) atoms. The van der Waals surface area contributed by atoms with E-state index < -0.39 is 0 Å². The van der Waals surface area contributed by atoms with Gasteiger partial charge in [0.15, 0.2) is 0 Å². The number of hydrogen-bond donors (Lipinski definition) is 1. The number of morpholine rings is 1. The van der Waals surface area contributed by atoms with Crippen molar-refractivity contribution in [1.29, 1.82) is 0 Å². The second-order valence-corrected chi connectivity index (χ2v) is 5.52. The summed E-state index contributed by atoms with van der Waals surface area (Å²) in [6.07, 6.45) is 5.41. The Morgan fingerprint density at radius 3 is 2.56 bits per heavy atom. The van der Waals surface area contributed by atoms with Gasteiger partial charge in [0.05, 0.1) is 12.7 Å². The fourth-order valence-electron chi connectivity index (χ4n) is 2.93. The number of nitrogens with one attached hydrogen (secondary N) is 1. The molecule has 0 saturated carbocycles. The highest BCUT2D eigenvalue weighted by molar-refractivity contribution is 4.83. The molecule has 0 aliphatic carbocycles. The summed E-state index contributed by atoms with van der Waals surface area (Å²) in [6, 6.07) is 0.509. The van der Waals surface area contributed by atoms with E-state index in [1.54, 1.807) is 0 Å². The third-order valence-electron chi connectivity index (χ3n) is 4.28. The molecule has 2 atom stereocenters. The molecule has 3 nitrogen and oxygen atoms in total. The summed E-state index contributed by atoms with van der Waals surface area (Å²) in [5, 5.41) is 3.48. The standard InChI is InChI=1S/C15H32N2O/c1-5-8-17-9-10-18-15(12-17)14(16-4)11-13(6-2)7-3/h13-16H,5-12H2,1-4H3. The van der Waals surface area contributed by atoms with E-state index in [2.05, 4.69) is 38.0 Å². The molecule has 3 heteroatoms. The zero-order valence-electron chi connectivity index (χ0n) is 12.7. The Morgan fingerprint density at radius 2 is 2.00 bits per heavy atom. The van der Waals surface area contributed by atoms with Gasteiger partial charge in [0.2, 0.25) is 0 Å². The molecule has 1 saturated heterocycles. The maximum atomic E-state index is 5.99. The first kappa shape index (κ1) is 15.9. The summed E-state index contributed by atoms with van der Waals surface area (Å²) in [7, 11) is 2.08. The molecule has 1 aliphatic rings. The molecule has 108 valence electrons. The van der Waals surface area contributed by atoms with Crippen LogP contribution in [0.25, 0.3) is 0 Å². The van der Waals surface area contributed by atoms with E-state index in [0.29, 0.717) is 12.1 Å². The average molecular weight is 256 g/mol. The number of nitrogens with zero attached hydrogens (tertiary/aromatic N) is 1. The average Bonchev–Trinajstić information content (AvgIpc) is 2.41. The van der Waals surface area contributed by atoms with Crippen molar-refractivity contribution in [2.45, 2.75) is 58.6 Å². The lowest BCUT2D eigenvalue weighted by atomic mass is 9.91. The van der Waals surface area contributed by atoms with Crippen molar-refractivity contribution in [3.8, 4) is 0 Å². The minimum absolute atomic E-state index is 0.371. The van der Waals surface area contributed by atoms with Crippen LogP contribution in [-0.2, 0) is 4.74 Å². The first-order valence-electron chi connectivity index (χ1n) is 7.76. The number of likely N-dealkylation sites (N-methyl/N-ethyl adjacent to an activating group) is 1. The van der Waals surface area contributed by atoms with Crippen molar-refractivity contribution in [3.05, 3.63) is 0 Å². The minimum atomic E-state index is 0.371. The largest absolute Gasteiger partial charge is 0.374 e. The lowest BCUT2D eigenvalue weighted by molar-refractivity contribution is -0.0489. The van der Waals surface area contributed by atoms with Gasteiger partial charge < -0.3 is 10.1 Å². The van der Waals surface area contributed by atoms with Crippen molar-refractivity contribution in [1.82, 2.24) is 10.2 Å². The molecule has 0 radical (unpaired) electrons. The maximum absolute atomic E-state index is 5.99. The van der Waals surface area contributed by atoms with Crippen LogP contribution in [0.4, 0.5) is 0 Å². The Kier molecular flexibility index (Phi) is 7.87. The molecule has 0 aromatic heterocycles. The fraction of sp³-hybridized carbons (Fsp3) is 1.00.